The molecule has 0 saturated heterocycles. The minimum absolute atomic E-state index is 0. The van der Waals surface area contributed by atoms with Gasteiger partial charge in [0, 0.05) is 31.3 Å². The molecule has 168 valence electrons. The number of hydrogen-bond acceptors (Lipinski definition) is 6. The molecule has 7 nitrogen and oxygen atoms in total. The molecule has 0 unspecified atom stereocenters. The summed E-state index contributed by atoms with van der Waals surface area (Å²) in [6.45, 7) is 7.51. The van der Waals surface area contributed by atoms with Crippen molar-refractivity contribution in [1.29, 1.82) is 0 Å². The number of rotatable bonds is 8. The van der Waals surface area contributed by atoms with Crippen molar-refractivity contribution < 1.29 is 14.2 Å². The lowest BCUT2D eigenvalue weighted by Crippen LogP contribution is -2.31. The molecular weight excluding hydrogens is 439 g/mol. The molecule has 0 bridgehead atoms. The van der Waals surface area contributed by atoms with E-state index in [-0.39, 0.29) is 12.4 Å². The van der Waals surface area contributed by atoms with Crippen LogP contribution in [0.4, 0.5) is 5.82 Å². The van der Waals surface area contributed by atoms with Crippen molar-refractivity contribution in [3.63, 3.8) is 0 Å². The van der Waals surface area contributed by atoms with Crippen LogP contribution in [0.3, 0.4) is 0 Å². The van der Waals surface area contributed by atoms with Crippen molar-refractivity contribution in [1.82, 2.24) is 14.6 Å². The molecule has 3 heterocycles. The lowest BCUT2D eigenvalue weighted by molar-refractivity contribution is 0.133. The van der Waals surface area contributed by atoms with E-state index >= 15 is 0 Å². The summed E-state index contributed by atoms with van der Waals surface area (Å²) in [6, 6.07) is 5.69. The molecule has 9 heteroatoms. The summed E-state index contributed by atoms with van der Waals surface area (Å²) in [5.74, 6) is 1.75. The largest absolute Gasteiger partial charge is 0.497 e. The molecule has 4 rings (SSSR count). The van der Waals surface area contributed by atoms with E-state index in [0.29, 0.717) is 24.8 Å². The number of fused-ring (bicyclic) bond motifs is 2. The first-order valence-corrected chi connectivity index (χ1v) is 10.5. The van der Waals surface area contributed by atoms with Crippen molar-refractivity contribution in [2.24, 2.45) is 0 Å². The van der Waals surface area contributed by atoms with Gasteiger partial charge in [0.15, 0.2) is 5.65 Å². The van der Waals surface area contributed by atoms with Gasteiger partial charge < -0.3 is 19.1 Å². The van der Waals surface area contributed by atoms with Gasteiger partial charge in [0.2, 0.25) is 0 Å². The Morgan fingerprint density at radius 3 is 2.71 bits per heavy atom. The Hall–Kier alpha value is -2.06. The normalized spacial score (nSPS) is 12.7. The molecule has 1 aromatic carbocycles. The van der Waals surface area contributed by atoms with E-state index in [9.17, 15) is 0 Å². The summed E-state index contributed by atoms with van der Waals surface area (Å²) in [5, 5.41) is 5.50. The van der Waals surface area contributed by atoms with Crippen LogP contribution in [0, 0.1) is 6.92 Å². The zero-order valence-electron chi connectivity index (χ0n) is 18.3. The fourth-order valence-corrected chi connectivity index (χ4v) is 4.26. The minimum Gasteiger partial charge on any atom is -0.497 e. The average molecular weight is 467 g/mol. The van der Waals surface area contributed by atoms with E-state index < -0.39 is 0 Å². The number of ether oxygens (including phenoxy) is 3. The van der Waals surface area contributed by atoms with Crippen molar-refractivity contribution in [3.05, 3.63) is 40.2 Å². The van der Waals surface area contributed by atoms with Gasteiger partial charge in [-0.15, -0.1) is 12.4 Å². The van der Waals surface area contributed by atoms with Crippen LogP contribution in [0.2, 0.25) is 5.02 Å². The van der Waals surface area contributed by atoms with Crippen molar-refractivity contribution in [3.8, 4) is 16.9 Å². The van der Waals surface area contributed by atoms with E-state index in [1.807, 2.05) is 29.6 Å². The maximum atomic E-state index is 6.61. The summed E-state index contributed by atoms with van der Waals surface area (Å²) in [5.41, 5.74) is 5.55. The SMILES string of the molecule is CCCN(CCOC)c1c2c(nc3c(-c4ccc(OC)cc4Cl)c(C)nn13)COC2.Cl. The smallest absolute Gasteiger partial charge is 0.165 e. The number of hydrogen-bond donors (Lipinski definition) is 0. The van der Waals surface area contributed by atoms with Gasteiger partial charge in [-0.05, 0) is 31.5 Å². The predicted molar refractivity (Wildman–Crippen MR) is 125 cm³/mol. The fourth-order valence-electron chi connectivity index (χ4n) is 4.00. The highest BCUT2D eigenvalue weighted by molar-refractivity contribution is 6.33. The Morgan fingerprint density at radius 1 is 1.23 bits per heavy atom. The first kappa shape index (κ1) is 23.6. The fraction of sp³-hybridized carbons (Fsp3) is 0.455. The molecule has 0 atom stereocenters. The first-order valence-electron chi connectivity index (χ1n) is 10.2. The van der Waals surface area contributed by atoms with Gasteiger partial charge >= 0.3 is 0 Å². The third-order valence-corrected chi connectivity index (χ3v) is 5.70. The number of benzene rings is 1. The Bertz CT molecular complexity index is 1070. The van der Waals surface area contributed by atoms with Crippen LogP contribution in [-0.2, 0) is 22.7 Å². The standard InChI is InChI=1S/C22H27ClN4O3.ClH/c1-5-8-26(9-10-28-3)22-17-12-30-13-19(17)24-21-20(14(2)25-27(21)22)16-7-6-15(29-4)11-18(16)23;/h6-7,11H,5,8-10,12-13H2,1-4H3;1H. The van der Waals surface area contributed by atoms with Gasteiger partial charge in [0.25, 0.3) is 0 Å². The lowest BCUT2D eigenvalue weighted by atomic mass is 10.1. The molecule has 1 aliphatic heterocycles. The quantitative estimate of drug-likeness (QED) is 0.480. The van der Waals surface area contributed by atoms with Crippen molar-refractivity contribution in [2.75, 3.05) is 38.8 Å². The average Bonchev–Trinajstić information content (AvgIpc) is 3.33. The maximum absolute atomic E-state index is 6.61. The third kappa shape index (κ3) is 4.32. The van der Waals surface area contributed by atoms with Gasteiger partial charge in [-0.2, -0.15) is 9.61 Å². The molecule has 0 amide bonds. The summed E-state index contributed by atoms with van der Waals surface area (Å²) in [7, 11) is 3.35. The van der Waals surface area contributed by atoms with Crippen LogP contribution >= 0.6 is 24.0 Å². The topological polar surface area (TPSA) is 61.1 Å². The van der Waals surface area contributed by atoms with Gasteiger partial charge in [-0.1, -0.05) is 18.5 Å². The van der Waals surface area contributed by atoms with E-state index in [2.05, 4.69) is 11.8 Å². The Labute approximate surface area is 193 Å². The molecule has 1 aliphatic rings. The first-order chi connectivity index (χ1) is 14.6. The maximum Gasteiger partial charge on any atom is 0.165 e. The molecule has 0 aliphatic carbocycles. The van der Waals surface area contributed by atoms with Gasteiger partial charge in [0.05, 0.1) is 48.9 Å². The molecule has 0 radical (unpaired) electrons. The Balaban J connectivity index is 0.00000272. The van der Waals surface area contributed by atoms with Crippen LogP contribution in [0.1, 0.15) is 30.3 Å². The van der Waals surface area contributed by atoms with Crippen LogP contribution in [0.15, 0.2) is 18.2 Å². The highest BCUT2D eigenvalue weighted by Crippen LogP contribution is 2.38. The number of aromatic nitrogens is 3. The van der Waals surface area contributed by atoms with Crippen molar-refractivity contribution in [2.45, 2.75) is 33.5 Å². The van der Waals surface area contributed by atoms with Crippen molar-refractivity contribution >= 4 is 35.5 Å². The van der Waals surface area contributed by atoms with E-state index in [0.717, 1.165) is 64.8 Å². The van der Waals surface area contributed by atoms with Crippen LogP contribution in [-0.4, -0.2) is 48.5 Å². The predicted octanol–water partition coefficient (Wildman–Crippen LogP) is 4.68. The zero-order valence-corrected chi connectivity index (χ0v) is 19.8. The number of anilines is 1. The Morgan fingerprint density at radius 2 is 2.03 bits per heavy atom. The monoisotopic (exact) mass is 466 g/mol. The second-order valence-electron chi connectivity index (χ2n) is 7.37. The number of methoxy groups -OCH3 is 2. The van der Waals surface area contributed by atoms with Crippen LogP contribution in [0.25, 0.3) is 16.8 Å². The lowest BCUT2D eigenvalue weighted by Gasteiger charge is -2.26. The van der Waals surface area contributed by atoms with Crippen LogP contribution < -0.4 is 9.64 Å². The highest BCUT2D eigenvalue weighted by Gasteiger charge is 2.28. The molecule has 2 aromatic heterocycles. The molecule has 31 heavy (non-hydrogen) atoms. The van der Waals surface area contributed by atoms with Gasteiger partial charge in [-0.3, -0.25) is 0 Å². The second-order valence-corrected chi connectivity index (χ2v) is 7.78. The second kappa shape index (κ2) is 10.0. The number of nitrogens with zero attached hydrogens (tertiary/aromatic N) is 4. The minimum atomic E-state index is 0. The van der Waals surface area contributed by atoms with Gasteiger partial charge in [0.1, 0.15) is 11.6 Å². The van der Waals surface area contributed by atoms with Crippen LogP contribution in [0.5, 0.6) is 5.75 Å². The molecule has 0 saturated carbocycles. The summed E-state index contributed by atoms with van der Waals surface area (Å²) < 4.78 is 18.4. The molecule has 0 N–H and O–H groups in total. The number of halogens is 2. The summed E-state index contributed by atoms with van der Waals surface area (Å²) >= 11 is 6.61. The van der Waals surface area contributed by atoms with E-state index in [4.69, 9.17) is 35.9 Å². The third-order valence-electron chi connectivity index (χ3n) is 5.38. The summed E-state index contributed by atoms with van der Waals surface area (Å²) in [4.78, 5) is 7.26. The molecule has 0 fully saturated rings. The highest BCUT2D eigenvalue weighted by atomic mass is 35.5. The van der Waals surface area contributed by atoms with E-state index in [1.54, 1.807) is 14.2 Å². The van der Waals surface area contributed by atoms with Gasteiger partial charge in [-0.25, -0.2) is 4.98 Å². The molecular formula is C22H28Cl2N4O3. The Kier molecular flexibility index (Phi) is 7.64. The molecule has 3 aromatic rings. The molecule has 0 spiro atoms. The number of aryl methyl sites for hydroxylation is 1. The summed E-state index contributed by atoms with van der Waals surface area (Å²) in [6.07, 6.45) is 1.01. The van der Waals surface area contributed by atoms with E-state index in [1.165, 1.54) is 0 Å². The zero-order chi connectivity index (χ0) is 21.3.